The Labute approximate surface area is 240 Å². The Hall–Kier alpha value is -4.59. The van der Waals surface area contributed by atoms with Crippen LogP contribution in [0, 0.1) is 12.3 Å². The largest absolute Gasteiger partial charge is 0.344 e. The number of hydrogen-bond donors (Lipinski definition) is 3. The molecule has 3 heterocycles. The van der Waals surface area contributed by atoms with Crippen LogP contribution in [0.2, 0.25) is 0 Å². The van der Waals surface area contributed by atoms with Crippen LogP contribution in [0.4, 0.5) is 5.82 Å². The van der Waals surface area contributed by atoms with E-state index in [0.29, 0.717) is 34.0 Å². The summed E-state index contributed by atoms with van der Waals surface area (Å²) in [5, 5.41) is 9.20. The van der Waals surface area contributed by atoms with Crippen LogP contribution in [0.15, 0.2) is 65.7 Å². The lowest BCUT2D eigenvalue weighted by Gasteiger charge is -2.24. The highest BCUT2D eigenvalue weighted by atomic mass is 32.2. The Kier molecular flexibility index (Phi) is 6.26. The van der Waals surface area contributed by atoms with Crippen molar-refractivity contribution in [2.75, 3.05) is 4.72 Å². The Balaban J connectivity index is 1.34. The van der Waals surface area contributed by atoms with Gasteiger partial charge in [0.1, 0.15) is 5.56 Å². The summed E-state index contributed by atoms with van der Waals surface area (Å²) in [7, 11) is 0. The van der Waals surface area contributed by atoms with Crippen molar-refractivity contribution >= 4 is 40.3 Å². The number of amides is 1. The molecule has 3 aromatic heterocycles. The topological polar surface area (TPSA) is 105 Å². The predicted molar refractivity (Wildman–Crippen MR) is 161 cm³/mol. The number of hydrogen-bond acceptors (Lipinski definition) is 7. The fourth-order valence-corrected chi connectivity index (χ4v) is 6.39. The zero-order chi connectivity index (χ0) is 28.1. The van der Waals surface area contributed by atoms with Crippen LogP contribution in [0.3, 0.4) is 0 Å². The zero-order valence-corrected chi connectivity index (χ0v) is 23.2. The van der Waals surface area contributed by atoms with Gasteiger partial charge in [-0.2, -0.15) is 0 Å². The summed E-state index contributed by atoms with van der Waals surface area (Å²) in [6.07, 6.45) is 13.1. The number of nitrogens with one attached hydrogen (secondary N) is 3. The molecular formula is C31H27N7O2S. The molecule has 1 saturated carbocycles. The molecule has 0 radical (unpaired) electrons. The van der Waals surface area contributed by atoms with E-state index in [1.807, 2.05) is 49.4 Å². The van der Waals surface area contributed by atoms with Gasteiger partial charge in [-0.3, -0.25) is 18.9 Å². The number of terminal acetylenes is 1. The number of carbonyl (C=O) groups excluding carboxylic acids is 1. The highest BCUT2D eigenvalue weighted by molar-refractivity contribution is 7.98. The number of benzene rings is 2. The minimum Gasteiger partial charge on any atom is -0.344 e. The van der Waals surface area contributed by atoms with Crippen LogP contribution in [-0.2, 0) is 12.8 Å². The summed E-state index contributed by atoms with van der Waals surface area (Å²) in [6, 6.07) is 15.1. The number of fused-ring (bicyclic) bond motifs is 1. The smallest absolute Gasteiger partial charge is 0.264 e. The molecule has 3 N–H and O–H groups in total. The Morgan fingerprint density at radius 3 is 2.73 bits per heavy atom. The first-order valence-corrected chi connectivity index (χ1v) is 14.4. The molecule has 2 aliphatic rings. The molecule has 5 aromatic rings. The molecule has 1 atom stereocenters. The maximum absolute atomic E-state index is 14.2. The predicted octanol–water partition coefficient (Wildman–Crippen LogP) is 4.33. The van der Waals surface area contributed by atoms with Crippen molar-refractivity contribution in [1.29, 1.82) is 0 Å². The normalized spacial score (nSPS) is 14.7. The van der Waals surface area contributed by atoms with Gasteiger partial charge < -0.3 is 5.32 Å². The molecule has 0 unspecified atom stereocenters. The number of para-hydroxylation sites is 1. The van der Waals surface area contributed by atoms with Crippen LogP contribution in [0.5, 0.6) is 0 Å². The number of carbonyl (C=O) groups is 1. The van der Waals surface area contributed by atoms with E-state index in [1.54, 1.807) is 27.5 Å². The lowest BCUT2D eigenvalue weighted by Crippen LogP contribution is -2.33. The van der Waals surface area contributed by atoms with Gasteiger partial charge >= 0.3 is 0 Å². The Bertz CT molecular complexity index is 1940. The van der Waals surface area contributed by atoms with Gasteiger partial charge in [-0.25, -0.2) is 14.2 Å². The first kappa shape index (κ1) is 25.4. The maximum Gasteiger partial charge on any atom is 0.264 e. The molecule has 9 nitrogen and oxygen atoms in total. The van der Waals surface area contributed by atoms with Crippen molar-refractivity contribution in [3.05, 3.63) is 99.2 Å². The van der Waals surface area contributed by atoms with Gasteiger partial charge in [-0.15, -0.1) is 11.5 Å². The van der Waals surface area contributed by atoms with E-state index in [2.05, 4.69) is 30.8 Å². The molecule has 1 fully saturated rings. The van der Waals surface area contributed by atoms with Crippen LogP contribution in [0.25, 0.3) is 22.1 Å². The van der Waals surface area contributed by atoms with Gasteiger partial charge in [0.2, 0.25) is 0 Å². The number of aromatic nitrogens is 4. The average molecular weight is 562 g/mol. The summed E-state index contributed by atoms with van der Waals surface area (Å²) in [5.74, 6) is 2.78. The molecular weight excluding hydrogens is 534 g/mol. The lowest BCUT2D eigenvalue weighted by atomic mass is 9.97. The third kappa shape index (κ3) is 4.34. The molecule has 0 aliphatic heterocycles. The molecule has 2 aromatic carbocycles. The van der Waals surface area contributed by atoms with Crippen molar-refractivity contribution in [3.63, 3.8) is 0 Å². The van der Waals surface area contributed by atoms with Crippen LogP contribution >= 0.6 is 12.1 Å². The average Bonchev–Trinajstić information content (AvgIpc) is 3.60. The zero-order valence-electron chi connectivity index (χ0n) is 22.3. The minimum absolute atomic E-state index is 0.190. The quantitative estimate of drug-likeness (QED) is 0.191. The third-order valence-electron chi connectivity index (χ3n) is 7.71. The summed E-state index contributed by atoms with van der Waals surface area (Å²) in [4.78, 5) is 32.6. The second-order valence-corrected chi connectivity index (χ2v) is 11.1. The lowest BCUT2D eigenvalue weighted by molar-refractivity contribution is 0.0941. The summed E-state index contributed by atoms with van der Waals surface area (Å²) in [5.41, 5.74) is 4.77. The van der Waals surface area contributed by atoms with Crippen molar-refractivity contribution in [3.8, 4) is 18.0 Å². The maximum atomic E-state index is 14.2. The molecule has 0 saturated heterocycles. The number of rotatable bonds is 8. The molecule has 2 aliphatic carbocycles. The van der Waals surface area contributed by atoms with E-state index in [9.17, 15) is 9.59 Å². The van der Waals surface area contributed by atoms with Gasteiger partial charge in [0.25, 0.3) is 11.5 Å². The SMILES string of the molecule is C#Cc1ccc2c3c(c([C@@H](C)NC(=O)c4c(NSNC5CC5)nn5cccnc45)n(-c4ccccc4)c(=O)c13)CC2. The molecule has 0 bridgehead atoms. The monoisotopic (exact) mass is 561 g/mol. The van der Waals surface area contributed by atoms with Crippen molar-refractivity contribution in [2.45, 2.75) is 44.7 Å². The van der Waals surface area contributed by atoms with E-state index >= 15 is 0 Å². The van der Waals surface area contributed by atoms with E-state index in [-0.39, 0.29) is 11.5 Å². The number of pyridine rings is 1. The summed E-state index contributed by atoms with van der Waals surface area (Å²) in [6.45, 7) is 1.91. The first-order chi connectivity index (χ1) is 20.0. The Morgan fingerprint density at radius 1 is 1.12 bits per heavy atom. The molecule has 204 valence electrons. The minimum atomic E-state index is -0.515. The fourth-order valence-electron chi connectivity index (χ4n) is 5.69. The van der Waals surface area contributed by atoms with Crippen molar-refractivity contribution < 1.29 is 4.79 Å². The van der Waals surface area contributed by atoms with Gasteiger partial charge in [-0.1, -0.05) is 30.2 Å². The van der Waals surface area contributed by atoms with E-state index in [0.717, 1.165) is 53.6 Å². The number of aryl methyl sites for hydroxylation is 2. The van der Waals surface area contributed by atoms with Crippen LogP contribution < -0.4 is 20.3 Å². The van der Waals surface area contributed by atoms with Gasteiger partial charge in [0.15, 0.2) is 11.5 Å². The van der Waals surface area contributed by atoms with E-state index < -0.39 is 6.04 Å². The van der Waals surface area contributed by atoms with E-state index in [1.165, 1.54) is 12.1 Å². The third-order valence-corrected chi connectivity index (χ3v) is 8.45. The van der Waals surface area contributed by atoms with E-state index in [4.69, 9.17) is 6.42 Å². The fraction of sp³-hybridized carbons (Fsp3) is 0.226. The van der Waals surface area contributed by atoms with Gasteiger partial charge in [0, 0.05) is 41.8 Å². The highest BCUT2D eigenvalue weighted by Gasteiger charge is 2.30. The van der Waals surface area contributed by atoms with Gasteiger partial charge in [0.05, 0.1) is 17.1 Å². The second-order valence-electron chi connectivity index (χ2n) is 10.4. The summed E-state index contributed by atoms with van der Waals surface area (Å²) < 4.78 is 9.79. The number of nitrogens with zero attached hydrogens (tertiary/aromatic N) is 4. The molecule has 41 heavy (non-hydrogen) atoms. The standard InChI is InChI=1S/C31H27N7O2S/c1-3-19-10-11-20-12-15-23-24(20)25(19)31(40)38(22-8-5-4-6-9-22)27(23)18(2)33-30(39)26-28(36-41-35-21-13-14-21)34-37-17-7-16-32-29(26)37/h1,4-11,16-18,21,35H,12-15H2,2H3,(H,33,39)(H,34,36)/t18-/m1/s1. The van der Waals surface area contributed by atoms with Crippen molar-refractivity contribution in [1.82, 2.24) is 29.2 Å². The van der Waals surface area contributed by atoms with Crippen molar-refractivity contribution in [2.24, 2.45) is 0 Å². The molecule has 7 rings (SSSR count). The van der Waals surface area contributed by atoms with Crippen LogP contribution in [0.1, 0.15) is 58.5 Å². The second kappa shape index (κ2) is 10.1. The molecule has 10 heteroatoms. The first-order valence-electron chi connectivity index (χ1n) is 13.6. The van der Waals surface area contributed by atoms with Crippen LogP contribution in [-0.4, -0.2) is 31.1 Å². The number of anilines is 1. The van der Waals surface area contributed by atoms with Gasteiger partial charge in [-0.05, 0) is 73.4 Å². The highest BCUT2D eigenvalue weighted by Crippen LogP contribution is 2.36. The molecule has 0 spiro atoms. The summed E-state index contributed by atoms with van der Waals surface area (Å²) >= 11 is 1.31. The Morgan fingerprint density at radius 2 is 1.95 bits per heavy atom. The molecule has 1 amide bonds.